The number of rotatable bonds is 1. The van der Waals surface area contributed by atoms with Crippen LogP contribution in [0.2, 0.25) is 0 Å². The van der Waals surface area contributed by atoms with Crippen LogP contribution in [0.4, 0.5) is 17.1 Å². The molecule has 122 valence electrons. The van der Waals surface area contributed by atoms with Gasteiger partial charge in [-0.3, -0.25) is 9.78 Å². The second kappa shape index (κ2) is 5.06. The second-order valence-corrected chi connectivity index (χ2v) is 6.07. The Morgan fingerprint density at radius 3 is 2.80 bits per heavy atom. The van der Waals surface area contributed by atoms with Crippen molar-refractivity contribution >= 4 is 33.9 Å². The van der Waals surface area contributed by atoms with Gasteiger partial charge in [0.15, 0.2) is 0 Å². The summed E-state index contributed by atoms with van der Waals surface area (Å²) in [6.07, 6.45) is 1.76. The number of anilines is 3. The zero-order valence-corrected chi connectivity index (χ0v) is 13.5. The highest BCUT2D eigenvalue weighted by atomic mass is 16.2. The highest BCUT2D eigenvalue weighted by Gasteiger charge is 2.39. The Kier molecular flexibility index (Phi) is 2.83. The number of hydrogen-bond acceptors (Lipinski definition) is 5. The summed E-state index contributed by atoms with van der Waals surface area (Å²) in [4.78, 5) is 17.3. The van der Waals surface area contributed by atoms with Crippen molar-refractivity contribution in [2.45, 2.75) is 6.92 Å². The zero-order chi connectivity index (χ0) is 17.0. The maximum absolute atomic E-state index is 13.0. The number of fused-ring (bicyclic) bond motifs is 4. The molecule has 0 unspecified atom stereocenters. The van der Waals surface area contributed by atoms with Crippen LogP contribution in [-0.4, -0.2) is 10.9 Å². The number of aromatic nitrogens is 1. The molecule has 25 heavy (non-hydrogen) atoms. The summed E-state index contributed by atoms with van der Waals surface area (Å²) in [5, 5.41) is 7.69. The third-order valence-electron chi connectivity index (χ3n) is 4.50. The molecule has 2 aliphatic heterocycles. The first kappa shape index (κ1) is 14.0. The number of para-hydroxylation sites is 2. The molecule has 2 aromatic carbocycles. The molecular weight excluding hydrogens is 314 g/mol. The molecule has 3 aromatic rings. The number of nitrogens with zero attached hydrogens (tertiary/aromatic N) is 3. The van der Waals surface area contributed by atoms with E-state index < -0.39 is 0 Å². The molecule has 1 aromatic heterocycles. The molecule has 0 spiro atoms. The van der Waals surface area contributed by atoms with Gasteiger partial charge in [-0.05, 0) is 43.3 Å². The van der Waals surface area contributed by atoms with Gasteiger partial charge in [0.2, 0.25) is 0 Å². The first-order chi connectivity index (χ1) is 12.2. The van der Waals surface area contributed by atoms with E-state index in [2.05, 4.69) is 15.8 Å². The lowest BCUT2D eigenvalue weighted by Crippen LogP contribution is -2.41. The molecule has 0 atom stereocenters. The fraction of sp³-hybridized carbons (Fsp3) is 0.0526. The van der Waals surface area contributed by atoms with E-state index in [1.807, 2.05) is 66.5 Å². The van der Waals surface area contributed by atoms with Crippen molar-refractivity contribution < 1.29 is 4.79 Å². The van der Waals surface area contributed by atoms with Crippen LogP contribution in [0.25, 0.3) is 10.9 Å². The van der Waals surface area contributed by atoms with E-state index in [9.17, 15) is 4.79 Å². The summed E-state index contributed by atoms with van der Waals surface area (Å²) in [6.45, 7) is 1.91. The van der Waals surface area contributed by atoms with E-state index in [0.717, 1.165) is 33.7 Å². The molecule has 1 amide bonds. The fourth-order valence-corrected chi connectivity index (χ4v) is 3.31. The summed E-state index contributed by atoms with van der Waals surface area (Å²) in [6, 6.07) is 17.5. The lowest BCUT2D eigenvalue weighted by atomic mass is 10.1. The van der Waals surface area contributed by atoms with Gasteiger partial charge in [0.1, 0.15) is 5.70 Å². The van der Waals surface area contributed by atoms with Crippen molar-refractivity contribution in [3.8, 4) is 0 Å². The second-order valence-electron chi connectivity index (χ2n) is 6.07. The van der Waals surface area contributed by atoms with Crippen molar-refractivity contribution in [2.75, 3.05) is 15.3 Å². The minimum absolute atomic E-state index is 0.0947. The van der Waals surface area contributed by atoms with Gasteiger partial charge < -0.3 is 5.32 Å². The maximum Gasteiger partial charge on any atom is 0.294 e. The zero-order valence-electron chi connectivity index (χ0n) is 13.5. The summed E-state index contributed by atoms with van der Waals surface area (Å²) >= 11 is 0. The number of nitrogens with one attached hydrogen (secondary N) is 2. The molecule has 0 aliphatic carbocycles. The van der Waals surface area contributed by atoms with E-state index in [4.69, 9.17) is 0 Å². The summed E-state index contributed by atoms with van der Waals surface area (Å²) in [7, 11) is 0. The standard InChI is InChI=1S/C19H15N5O/c1-12-18-19(25)23(14-8-9-15-13(11-14)5-4-10-20-15)22-24(18)17-7-3-2-6-16(17)21-12/h2-11,21-22H,1H3. The maximum atomic E-state index is 13.0. The van der Waals surface area contributed by atoms with Gasteiger partial charge >= 0.3 is 0 Å². The highest BCUT2D eigenvalue weighted by molar-refractivity contribution is 6.12. The van der Waals surface area contributed by atoms with E-state index >= 15 is 0 Å². The molecular formula is C19H15N5O. The van der Waals surface area contributed by atoms with Crippen LogP contribution in [0.15, 0.2) is 72.2 Å². The van der Waals surface area contributed by atoms with Crippen LogP contribution in [0.3, 0.4) is 0 Å². The normalized spacial score (nSPS) is 16.1. The number of carbonyl (C=O) groups excluding carboxylic acids is 1. The van der Waals surface area contributed by atoms with Crippen LogP contribution in [-0.2, 0) is 4.79 Å². The number of carbonyl (C=O) groups is 1. The molecule has 3 heterocycles. The van der Waals surface area contributed by atoms with Crippen molar-refractivity contribution in [3.63, 3.8) is 0 Å². The van der Waals surface area contributed by atoms with Gasteiger partial charge in [0.25, 0.3) is 5.91 Å². The molecule has 0 bridgehead atoms. The quantitative estimate of drug-likeness (QED) is 0.718. The first-order valence-corrected chi connectivity index (χ1v) is 8.05. The lowest BCUT2D eigenvalue weighted by molar-refractivity contribution is -0.114. The Hall–Kier alpha value is -3.38. The predicted octanol–water partition coefficient (Wildman–Crippen LogP) is 3.16. The average Bonchev–Trinajstić information content (AvgIpc) is 3.00. The largest absolute Gasteiger partial charge is 0.355 e. The van der Waals surface area contributed by atoms with Crippen LogP contribution < -0.4 is 20.9 Å². The number of allylic oxidation sites excluding steroid dienone is 1. The Morgan fingerprint density at radius 2 is 1.88 bits per heavy atom. The molecule has 0 saturated carbocycles. The molecule has 1 saturated heterocycles. The van der Waals surface area contributed by atoms with Crippen molar-refractivity contribution in [2.24, 2.45) is 0 Å². The Bertz CT molecular complexity index is 1060. The van der Waals surface area contributed by atoms with Crippen molar-refractivity contribution in [1.29, 1.82) is 0 Å². The molecule has 6 nitrogen and oxygen atoms in total. The molecule has 5 rings (SSSR count). The van der Waals surface area contributed by atoms with Gasteiger partial charge in [-0.1, -0.05) is 18.2 Å². The van der Waals surface area contributed by atoms with E-state index in [-0.39, 0.29) is 5.91 Å². The highest BCUT2D eigenvalue weighted by Crippen LogP contribution is 2.38. The Labute approximate surface area is 144 Å². The van der Waals surface area contributed by atoms with Crippen LogP contribution >= 0.6 is 0 Å². The summed E-state index contributed by atoms with van der Waals surface area (Å²) in [5.41, 5.74) is 8.19. The van der Waals surface area contributed by atoms with Crippen molar-refractivity contribution in [3.05, 3.63) is 72.2 Å². The molecule has 2 N–H and O–H groups in total. The molecule has 1 fully saturated rings. The van der Waals surface area contributed by atoms with Crippen LogP contribution in [0.1, 0.15) is 6.92 Å². The number of benzene rings is 2. The van der Waals surface area contributed by atoms with Gasteiger partial charge in [-0.15, -0.1) is 5.53 Å². The number of amides is 1. The minimum Gasteiger partial charge on any atom is -0.355 e. The van der Waals surface area contributed by atoms with Crippen LogP contribution in [0.5, 0.6) is 0 Å². The smallest absolute Gasteiger partial charge is 0.294 e. The fourth-order valence-electron chi connectivity index (χ4n) is 3.31. The first-order valence-electron chi connectivity index (χ1n) is 8.05. The number of pyridine rings is 1. The van der Waals surface area contributed by atoms with E-state index in [1.165, 1.54) is 0 Å². The predicted molar refractivity (Wildman–Crippen MR) is 97.6 cm³/mol. The lowest BCUT2D eigenvalue weighted by Gasteiger charge is -2.28. The Balaban J connectivity index is 1.60. The summed E-state index contributed by atoms with van der Waals surface area (Å²) < 4.78 is 0. The van der Waals surface area contributed by atoms with E-state index in [1.54, 1.807) is 11.2 Å². The molecule has 2 aliphatic rings. The van der Waals surface area contributed by atoms with Gasteiger partial charge in [-0.2, -0.15) is 0 Å². The van der Waals surface area contributed by atoms with Crippen molar-refractivity contribution in [1.82, 2.24) is 10.5 Å². The van der Waals surface area contributed by atoms with Crippen LogP contribution in [0, 0.1) is 0 Å². The Morgan fingerprint density at radius 1 is 1.00 bits per heavy atom. The topological polar surface area (TPSA) is 60.5 Å². The molecule has 0 radical (unpaired) electrons. The van der Waals surface area contributed by atoms with Gasteiger partial charge in [0, 0.05) is 17.3 Å². The average molecular weight is 329 g/mol. The third kappa shape index (κ3) is 2.01. The molecule has 6 heteroatoms. The SMILES string of the molecule is CC1=C2C(=O)N(c3ccc4ncccc4c3)NN2c2ccccc2N1. The van der Waals surface area contributed by atoms with Gasteiger partial charge in [0.05, 0.1) is 22.6 Å². The van der Waals surface area contributed by atoms with E-state index in [0.29, 0.717) is 5.70 Å². The number of hydrazine groups is 2. The third-order valence-corrected chi connectivity index (χ3v) is 4.50. The number of hydrogen-bond donors (Lipinski definition) is 2. The monoisotopic (exact) mass is 329 g/mol. The minimum atomic E-state index is -0.0947. The van der Waals surface area contributed by atoms with Gasteiger partial charge in [-0.25, -0.2) is 10.0 Å². The summed E-state index contributed by atoms with van der Waals surface area (Å²) in [5.74, 6) is -0.0947.